The van der Waals surface area contributed by atoms with Crippen molar-refractivity contribution in [1.82, 2.24) is 0 Å². The van der Waals surface area contributed by atoms with Gasteiger partial charge in [0.25, 0.3) is 0 Å². The van der Waals surface area contributed by atoms with E-state index < -0.39 is 0 Å². The zero-order valence-electron chi connectivity index (χ0n) is 7.33. The van der Waals surface area contributed by atoms with Gasteiger partial charge in [-0.3, -0.25) is 0 Å². The first-order valence-corrected chi connectivity index (χ1v) is 4.77. The smallest absolute Gasteiger partial charge is 0.115 e. The Kier molecular flexibility index (Phi) is 3.53. The third kappa shape index (κ3) is 1.82. The summed E-state index contributed by atoms with van der Waals surface area (Å²) in [6.45, 7) is 1.97. The predicted molar refractivity (Wildman–Crippen MR) is 66.5 cm³/mol. The summed E-state index contributed by atoms with van der Waals surface area (Å²) < 4.78 is 0. The van der Waals surface area contributed by atoms with Gasteiger partial charge in [0.2, 0.25) is 0 Å². The Morgan fingerprint density at radius 3 is 1.85 bits per heavy atom. The first-order chi connectivity index (χ1) is 6.00. The summed E-state index contributed by atoms with van der Waals surface area (Å²) in [6, 6.07) is 0. The van der Waals surface area contributed by atoms with Crippen molar-refractivity contribution in [1.29, 1.82) is 0 Å². The highest BCUT2D eigenvalue weighted by atomic mass is 32.1. The molecule has 1 aromatic rings. The molecule has 0 aliphatic rings. The summed E-state index contributed by atoms with van der Waals surface area (Å²) in [6.07, 6.45) is 0.740. The van der Waals surface area contributed by atoms with E-state index in [2.05, 4.69) is 25.3 Å². The number of rotatable bonds is 1. The highest BCUT2D eigenvalue weighted by Gasteiger charge is 2.09. The van der Waals surface area contributed by atoms with Gasteiger partial charge in [-0.25, -0.2) is 0 Å². The van der Waals surface area contributed by atoms with Crippen LogP contribution in [0.15, 0.2) is 9.79 Å². The lowest BCUT2D eigenvalue weighted by Crippen LogP contribution is -2.37. The maximum Gasteiger partial charge on any atom is 0.115 e. The molecule has 0 amide bonds. The zero-order chi connectivity index (χ0) is 10.2. The molecule has 13 heavy (non-hydrogen) atoms. The fourth-order valence-electron chi connectivity index (χ4n) is 1.21. The van der Waals surface area contributed by atoms with E-state index in [1.165, 1.54) is 0 Å². The van der Waals surface area contributed by atoms with Gasteiger partial charge in [-0.05, 0) is 6.42 Å². The molecule has 0 N–H and O–H groups in total. The van der Waals surface area contributed by atoms with Crippen LogP contribution in [-0.2, 0) is 6.42 Å². The predicted octanol–water partition coefficient (Wildman–Crippen LogP) is -0.792. The van der Waals surface area contributed by atoms with Crippen molar-refractivity contribution >= 4 is 65.2 Å². The maximum absolute atomic E-state index is 5.80. The minimum absolute atomic E-state index is 0.458. The van der Waals surface area contributed by atoms with Crippen LogP contribution in [0.25, 0.3) is 0 Å². The molecule has 0 unspecified atom stereocenters. The summed E-state index contributed by atoms with van der Waals surface area (Å²) in [4.78, 5) is 1.16. The van der Waals surface area contributed by atoms with Gasteiger partial charge >= 0.3 is 0 Å². The zero-order valence-corrected chi connectivity index (χ0v) is 9.12. The summed E-state index contributed by atoms with van der Waals surface area (Å²) in [5.41, 5.74) is 2.39. The van der Waals surface area contributed by atoms with Gasteiger partial charge in [-0.1, -0.05) is 28.9 Å². The summed E-state index contributed by atoms with van der Waals surface area (Å²) in [5.74, 6) is 0. The van der Waals surface area contributed by atoms with E-state index in [4.69, 9.17) is 23.5 Å². The topological polar surface area (TPSA) is 0 Å². The molecular formula is C8H7B3S2. The first-order valence-electron chi connectivity index (χ1n) is 3.87. The number of hydrogen-bond donors (Lipinski definition) is 2. The van der Waals surface area contributed by atoms with Gasteiger partial charge in [0, 0.05) is 9.79 Å². The fourth-order valence-corrected chi connectivity index (χ4v) is 1.71. The molecule has 0 saturated carbocycles. The van der Waals surface area contributed by atoms with Crippen LogP contribution < -0.4 is 16.4 Å². The quantitative estimate of drug-likeness (QED) is 0.430. The molecule has 0 aromatic heterocycles. The Bertz CT molecular complexity index is 321. The molecule has 1 aromatic carbocycles. The second-order valence-corrected chi connectivity index (χ2v) is 3.66. The minimum atomic E-state index is 0.458. The molecule has 1 rings (SSSR count). The van der Waals surface area contributed by atoms with Crippen molar-refractivity contribution in [3.63, 3.8) is 0 Å². The normalized spacial score (nSPS) is 10.4. The molecule has 0 nitrogen and oxygen atoms in total. The number of thiol groups is 2. The third-order valence-corrected chi connectivity index (χ3v) is 3.13. The highest BCUT2D eigenvalue weighted by molar-refractivity contribution is 7.84. The van der Waals surface area contributed by atoms with Gasteiger partial charge in [-0.15, -0.1) is 25.3 Å². The van der Waals surface area contributed by atoms with Gasteiger partial charge in [0.05, 0.1) is 0 Å². The molecule has 6 radical (unpaired) electrons. The summed E-state index contributed by atoms with van der Waals surface area (Å²) in [7, 11) is 17.3. The lowest BCUT2D eigenvalue weighted by molar-refractivity contribution is 1.15. The largest absolute Gasteiger partial charge is 0.143 e. The minimum Gasteiger partial charge on any atom is -0.143 e. The van der Waals surface area contributed by atoms with Gasteiger partial charge in [0.15, 0.2) is 0 Å². The molecule has 0 atom stereocenters. The van der Waals surface area contributed by atoms with Crippen molar-refractivity contribution in [2.75, 3.05) is 0 Å². The van der Waals surface area contributed by atoms with E-state index in [0.29, 0.717) is 26.2 Å². The molecular weight excluding hydrogens is 193 g/mol. The Morgan fingerprint density at radius 1 is 0.923 bits per heavy atom. The van der Waals surface area contributed by atoms with Crippen LogP contribution in [0.4, 0.5) is 0 Å². The second-order valence-electron chi connectivity index (χ2n) is 2.77. The van der Waals surface area contributed by atoms with Crippen molar-refractivity contribution in [2.45, 2.75) is 23.1 Å². The standard InChI is InChI=1S/C8H7B3S2/c1-2-3-4(9)6(11)8(13)7(12)5(3)10/h12-13H,2H2,1H3. The Morgan fingerprint density at radius 2 is 1.38 bits per heavy atom. The molecule has 0 saturated heterocycles. The van der Waals surface area contributed by atoms with Crippen LogP contribution in [0.1, 0.15) is 12.5 Å². The Labute approximate surface area is 93.9 Å². The number of hydrogen-bond acceptors (Lipinski definition) is 2. The van der Waals surface area contributed by atoms with Gasteiger partial charge in [-0.2, -0.15) is 0 Å². The van der Waals surface area contributed by atoms with E-state index >= 15 is 0 Å². The summed E-state index contributed by atoms with van der Waals surface area (Å²) in [5, 5.41) is 0. The van der Waals surface area contributed by atoms with E-state index in [-0.39, 0.29) is 0 Å². The van der Waals surface area contributed by atoms with Crippen LogP contribution in [0.2, 0.25) is 0 Å². The highest BCUT2D eigenvalue weighted by Crippen LogP contribution is 2.13. The fraction of sp³-hybridized carbons (Fsp3) is 0.250. The third-order valence-electron chi connectivity index (χ3n) is 2.03. The van der Waals surface area contributed by atoms with E-state index in [1.807, 2.05) is 6.92 Å². The van der Waals surface area contributed by atoms with Crippen molar-refractivity contribution in [3.05, 3.63) is 5.56 Å². The maximum atomic E-state index is 5.80. The molecule has 5 heteroatoms. The van der Waals surface area contributed by atoms with Crippen molar-refractivity contribution in [3.8, 4) is 0 Å². The molecule has 0 aliphatic heterocycles. The lowest BCUT2D eigenvalue weighted by Gasteiger charge is -2.17. The van der Waals surface area contributed by atoms with Crippen LogP contribution in [-0.4, -0.2) is 23.5 Å². The van der Waals surface area contributed by atoms with Gasteiger partial charge < -0.3 is 0 Å². The van der Waals surface area contributed by atoms with Gasteiger partial charge in [0.1, 0.15) is 23.5 Å². The Hall–Kier alpha value is 0.115. The second kappa shape index (κ2) is 4.10. The van der Waals surface area contributed by atoms with Crippen LogP contribution >= 0.6 is 25.3 Å². The van der Waals surface area contributed by atoms with Crippen molar-refractivity contribution < 1.29 is 0 Å². The SMILES string of the molecule is [B]c1c([B])c(CC)c([B])c(S)c1S. The van der Waals surface area contributed by atoms with Crippen LogP contribution in [0.3, 0.4) is 0 Å². The number of benzene rings is 1. The molecule has 60 valence electrons. The molecule has 0 aliphatic carbocycles. The molecule has 0 fully saturated rings. The average molecular weight is 200 g/mol. The summed E-state index contributed by atoms with van der Waals surface area (Å²) >= 11 is 8.39. The van der Waals surface area contributed by atoms with Crippen molar-refractivity contribution in [2.24, 2.45) is 0 Å². The van der Waals surface area contributed by atoms with E-state index in [1.54, 1.807) is 0 Å². The molecule has 0 bridgehead atoms. The Balaban J connectivity index is 3.56. The van der Waals surface area contributed by atoms with Crippen LogP contribution in [0, 0.1) is 0 Å². The van der Waals surface area contributed by atoms with E-state index in [9.17, 15) is 0 Å². The molecule has 0 heterocycles. The average Bonchev–Trinajstić information content (AvgIpc) is 2.13. The van der Waals surface area contributed by atoms with Crippen LogP contribution in [0.5, 0.6) is 0 Å². The van der Waals surface area contributed by atoms with E-state index in [0.717, 1.165) is 12.0 Å². The monoisotopic (exact) mass is 200 g/mol. The lowest BCUT2D eigenvalue weighted by atomic mass is 9.72. The first kappa shape index (κ1) is 11.2. The molecule has 0 spiro atoms.